The molecule has 0 saturated heterocycles. The van der Waals surface area contributed by atoms with Crippen LogP contribution in [0.15, 0.2) is 57.1 Å². The predicted molar refractivity (Wildman–Crippen MR) is 140 cm³/mol. The molecule has 0 fully saturated rings. The van der Waals surface area contributed by atoms with E-state index in [2.05, 4.69) is 17.6 Å². The standard InChI is InChI=1S/C26H31N5O4S/c1-3-5-14-27-22(32)13-12-20-25(34)31-23(29-20)18-10-6-7-11-19(18)30-26(31)36-21(4-2)24(33)28-16-17-9-8-15-35-17/h6-11,15,20-21H,3-5,12-14,16H2,1-2H3,(H,27,32)(H,28,33)/t20-,21-/m0/s1. The fourth-order valence-electron chi connectivity index (χ4n) is 3.98. The highest BCUT2D eigenvalue weighted by Gasteiger charge is 2.42. The van der Waals surface area contributed by atoms with Gasteiger partial charge in [-0.25, -0.2) is 9.89 Å². The van der Waals surface area contributed by atoms with E-state index in [1.807, 2.05) is 31.2 Å². The van der Waals surface area contributed by atoms with Crippen LogP contribution < -0.4 is 10.6 Å². The van der Waals surface area contributed by atoms with Gasteiger partial charge in [-0.1, -0.05) is 44.2 Å². The second-order valence-corrected chi connectivity index (χ2v) is 9.78. The second kappa shape index (κ2) is 12.0. The molecule has 3 heterocycles. The number of rotatable bonds is 11. The molecule has 1 aromatic heterocycles. The minimum Gasteiger partial charge on any atom is -0.467 e. The number of fused-ring (bicyclic) bond motifs is 3. The number of para-hydroxylation sites is 1. The zero-order chi connectivity index (χ0) is 25.5. The number of aliphatic imine (C=N–C) groups is 2. The molecule has 190 valence electrons. The zero-order valence-corrected chi connectivity index (χ0v) is 21.3. The number of amidine groups is 2. The summed E-state index contributed by atoms with van der Waals surface area (Å²) >= 11 is 1.25. The van der Waals surface area contributed by atoms with Crippen LogP contribution in [0, 0.1) is 0 Å². The minimum absolute atomic E-state index is 0.0794. The molecule has 36 heavy (non-hydrogen) atoms. The third kappa shape index (κ3) is 5.87. The van der Waals surface area contributed by atoms with Gasteiger partial charge in [-0.15, -0.1) is 0 Å². The van der Waals surface area contributed by atoms with Gasteiger partial charge in [0.15, 0.2) is 5.17 Å². The summed E-state index contributed by atoms with van der Waals surface area (Å²) in [4.78, 5) is 49.5. The largest absolute Gasteiger partial charge is 0.467 e. The van der Waals surface area contributed by atoms with Gasteiger partial charge in [0.25, 0.3) is 5.91 Å². The van der Waals surface area contributed by atoms with Gasteiger partial charge in [0, 0.05) is 18.5 Å². The van der Waals surface area contributed by atoms with Crippen molar-refractivity contribution >= 4 is 46.2 Å². The molecule has 2 aliphatic heterocycles. The molecule has 1 aromatic carbocycles. The summed E-state index contributed by atoms with van der Waals surface area (Å²) in [5, 5.41) is 5.74. The number of benzene rings is 1. The Morgan fingerprint density at radius 1 is 1.17 bits per heavy atom. The van der Waals surface area contributed by atoms with E-state index in [4.69, 9.17) is 14.4 Å². The van der Waals surface area contributed by atoms with Gasteiger partial charge in [-0.2, -0.15) is 0 Å². The zero-order valence-electron chi connectivity index (χ0n) is 20.5. The molecular weight excluding hydrogens is 478 g/mol. The van der Waals surface area contributed by atoms with E-state index >= 15 is 0 Å². The SMILES string of the molecule is CCCCNC(=O)CC[C@@H]1N=C2c3ccccc3N=C(S[C@@H](CC)C(=O)NCc3ccco3)N2C1=O. The number of carbonyl (C=O) groups is 3. The molecule has 0 unspecified atom stereocenters. The Balaban J connectivity index is 1.48. The molecule has 0 saturated carbocycles. The molecule has 0 aliphatic carbocycles. The van der Waals surface area contributed by atoms with Crippen molar-refractivity contribution in [3.63, 3.8) is 0 Å². The first-order chi connectivity index (χ1) is 17.5. The van der Waals surface area contributed by atoms with Gasteiger partial charge < -0.3 is 15.1 Å². The lowest BCUT2D eigenvalue weighted by molar-refractivity contribution is -0.125. The molecule has 4 rings (SSSR count). The van der Waals surface area contributed by atoms with Crippen LogP contribution in [0.1, 0.15) is 57.3 Å². The van der Waals surface area contributed by atoms with Crippen molar-refractivity contribution in [1.29, 1.82) is 0 Å². The molecule has 2 atom stereocenters. The summed E-state index contributed by atoms with van der Waals surface area (Å²) in [6.07, 6.45) is 4.57. The summed E-state index contributed by atoms with van der Waals surface area (Å²) < 4.78 is 5.29. The number of furan rings is 1. The molecule has 9 nitrogen and oxygen atoms in total. The average molecular weight is 510 g/mol. The van der Waals surface area contributed by atoms with Crippen molar-refractivity contribution in [2.45, 2.75) is 63.8 Å². The highest BCUT2D eigenvalue weighted by atomic mass is 32.2. The summed E-state index contributed by atoms with van der Waals surface area (Å²) in [5.74, 6) is 0.723. The number of hydrogen-bond acceptors (Lipinski definition) is 7. The number of amides is 3. The van der Waals surface area contributed by atoms with E-state index in [0.717, 1.165) is 18.4 Å². The number of nitrogens with zero attached hydrogens (tertiary/aromatic N) is 3. The van der Waals surface area contributed by atoms with Crippen LogP contribution in [0.25, 0.3) is 0 Å². The Labute approximate surface area is 214 Å². The molecule has 2 N–H and O–H groups in total. The van der Waals surface area contributed by atoms with Crippen molar-refractivity contribution in [1.82, 2.24) is 15.5 Å². The van der Waals surface area contributed by atoms with E-state index < -0.39 is 11.3 Å². The first-order valence-corrected chi connectivity index (χ1v) is 13.2. The molecule has 10 heteroatoms. The predicted octanol–water partition coefficient (Wildman–Crippen LogP) is 3.76. The third-order valence-electron chi connectivity index (χ3n) is 5.97. The van der Waals surface area contributed by atoms with Crippen LogP contribution in [0.4, 0.5) is 5.69 Å². The quantitative estimate of drug-likeness (QED) is 0.448. The van der Waals surface area contributed by atoms with Crippen LogP contribution in [-0.4, -0.2) is 51.5 Å². The van der Waals surface area contributed by atoms with Gasteiger partial charge in [-0.3, -0.25) is 19.4 Å². The lowest BCUT2D eigenvalue weighted by Gasteiger charge is -2.27. The molecule has 0 spiro atoms. The maximum absolute atomic E-state index is 13.4. The lowest BCUT2D eigenvalue weighted by Crippen LogP contribution is -2.43. The van der Waals surface area contributed by atoms with Gasteiger partial charge in [0.05, 0.1) is 23.7 Å². The first-order valence-electron chi connectivity index (χ1n) is 12.3. The van der Waals surface area contributed by atoms with Crippen molar-refractivity contribution < 1.29 is 18.8 Å². The van der Waals surface area contributed by atoms with Crippen molar-refractivity contribution in [3.05, 3.63) is 54.0 Å². The van der Waals surface area contributed by atoms with Crippen LogP contribution in [-0.2, 0) is 20.9 Å². The maximum Gasteiger partial charge on any atom is 0.259 e. The molecular formula is C26H31N5O4S. The molecule has 0 bridgehead atoms. The molecule has 2 aromatic rings. The lowest BCUT2D eigenvalue weighted by atomic mass is 10.1. The molecule has 0 radical (unpaired) electrons. The van der Waals surface area contributed by atoms with Crippen molar-refractivity contribution in [2.75, 3.05) is 6.54 Å². The Hall–Kier alpha value is -3.40. The summed E-state index contributed by atoms with van der Waals surface area (Å²) in [6.45, 7) is 4.91. The number of nitrogens with one attached hydrogen (secondary N) is 2. The fraction of sp³-hybridized carbons (Fsp3) is 0.423. The normalized spacial score (nSPS) is 17.1. The fourth-order valence-corrected chi connectivity index (χ4v) is 5.03. The van der Waals surface area contributed by atoms with E-state index in [9.17, 15) is 14.4 Å². The third-order valence-corrected chi connectivity index (χ3v) is 7.29. The minimum atomic E-state index is -0.665. The van der Waals surface area contributed by atoms with Gasteiger partial charge >= 0.3 is 0 Å². The number of thioether (sulfide) groups is 1. The Morgan fingerprint density at radius 2 is 2.00 bits per heavy atom. The summed E-state index contributed by atoms with van der Waals surface area (Å²) in [6, 6.07) is 10.4. The molecule has 2 aliphatic rings. The van der Waals surface area contributed by atoms with Gasteiger partial charge in [0.1, 0.15) is 17.6 Å². The topological polar surface area (TPSA) is 116 Å². The average Bonchev–Trinajstić information content (AvgIpc) is 3.53. The number of unbranched alkanes of at least 4 members (excludes halogenated alkanes) is 1. The smallest absolute Gasteiger partial charge is 0.259 e. The highest BCUT2D eigenvalue weighted by Crippen LogP contribution is 2.35. The Kier molecular flexibility index (Phi) is 8.58. The van der Waals surface area contributed by atoms with Crippen LogP contribution in [0.5, 0.6) is 0 Å². The number of hydrogen-bond donors (Lipinski definition) is 2. The van der Waals surface area contributed by atoms with Crippen molar-refractivity contribution in [3.8, 4) is 0 Å². The number of carbonyl (C=O) groups excluding carboxylic acids is 3. The first kappa shape index (κ1) is 25.7. The van der Waals surface area contributed by atoms with E-state index in [1.54, 1.807) is 18.4 Å². The van der Waals surface area contributed by atoms with Gasteiger partial charge in [0.2, 0.25) is 11.8 Å². The Morgan fingerprint density at radius 3 is 2.75 bits per heavy atom. The summed E-state index contributed by atoms with van der Waals surface area (Å²) in [7, 11) is 0. The van der Waals surface area contributed by atoms with Crippen LogP contribution >= 0.6 is 11.8 Å². The van der Waals surface area contributed by atoms with Gasteiger partial charge in [-0.05, 0) is 43.5 Å². The summed E-state index contributed by atoms with van der Waals surface area (Å²) in [5.41, 5.74) is 1.46. The molecule has 3 amide bonds. The monoisotopic (exact) mass is 509 g/mol. The highest BCUT2D eigenvalue weighted by molar-refractivity contribution is 8.15. The van der Waals surface area contributed by atoms with Crippen LogP contribution in [0.3, 0.4) is 0 Å². The van der Waals surface area contributed by atoms with E-state index in [1.165, 1.54) is 16.7 Å². The second-order valence-electron chi connectivity index (χ2n) is 8.61. The van der Waals surface area contributed by atoms with Crippen molar-refractivity contribution in [2.24, 2.45) is 9.98 Å². The van der Waals surface area contributed by atoms with Crippen LogP contribution in [0.2, 0.25) is 0 Å². The Bertz CT molecular complexity index is 1160. The maximum atomic E-state index is 13.4. The van der Waals surface area contributed by atoms with E-state index in [0.29, 0.717) is 41.8 Å². The van der Waals surface area contributed by atoms with E-state index in [-0.39, 0.29) is 30.7 Å².